The standard InChI is InChI=1S/C20H19N3O3S/c1-12-3-5-16-15(7-12)13(2)8-20(22-16)27-11-19(26)23-21-10-14-4-6-17(24)18(25)9-14/h3-10,24-25H,11H2,1-2H3,(H,23,26). The minimum absolute atomic E-state index is 0.183. The third kappa shape index (κ3) is 4.77. The second kappa shape index (κ2) is 8.09. The Kier molecular flexibility index (Phi) is 5.61. The van der Waals surface area contributed by atoms with E-state index in [1.807, 2.05) is 32.0 Å². The highest BCUT2D eigenvalue weighted by molar-refractivity contribution is 7.99. The first-order valence-corrected chi connectivity index (χ1v) is 9.25. The maximum atomic E-state index is 12.0. The number of rotatable bonds is 5. The Balaban J connectivity index is 1.59. The number of aromatic hydroxyl groups is 2. The summed E-state index contributed by atoms with van der Waals surface area (Å²) in [6.45, 7) is 4.08. The average Bonchev–Trinajstić information content (AvgIpc) is 2.63. The summed E-state index contributed by atoms with van der Waals surface area (Å²) >= 11 is 1.34. The summed E-state index contributed by atoms with van der Waals surface area (Å²) in [7, 11) is 0. The van der Waals surface area contributed by atoms with Crippen molar-refractivity contribution in [1.29, 1.82) is 0 Å². The zero-order chi connectivity index (χ0) is 19.4. The predicted octanol–water partition coefficient (Wildman–Crippen LogP) is 3.51. The Morgan fingerprint density at radius 1 is 1.15 bits per heavy atom. The van der Waals surface area contributed by atoms with E-state index in [2.05, 4.69) is 21.6 Å². The third-order valence-electron chi connectivity index (χ3n) is 3.90. The molecule has 0 aliphatic rings. The number of hydrogen-bond donors (Lipinski definition) is 3. The van der Waals surface area contributed by atoms with Crippen molar-refractivity contribution in [3.05, 3.63) is 59.2 Å². The first-order chi connectivity index (χ1) is 12.9. The van der Waals surface area contributed by atoms with Crippen LogP contribution in [0.5, 0.6) is 11.5 Å². The van der Waals surface area contributed by atoms with Gasteiger partial charge in [-0.2, -0.15) is 5.10 Å². The van der Waals surface area contributed by atoms with Crippen LogP contribution in [0.4, 0.5) is 0 Å². The van der Waals surface area contributed by atoms with Crippen molar-refractivity contribution in [3.8, 4) is 11.5 Å². The fourth-order valence-corrected chi connectivity index (χ4v) is 3.29. The van der Waals surface area contributed by atoms with Crippen LogP contribution in [0.15, 0.2) is 52.6 Å². The number of hydrazone groups is 1. The number of phenols is 2. The summed E-state index contributed by atoms with van der Waals surface area (Å²) in [6, 6.07) is 12.4. The molecule has 0 saturated heterocycles. The lowest BCUT2D eigenvalue weighted by atomic mass is 10.1. The molecule has 0 fully saturated rings. The Hall–Kier alpha value is -3.06. The molecule has 0 saturated carbocycles. The molecular weight excluding hydrogens is 362 g/mol. The minimum Gasteiger partial charge on any atom is -0.504 e. The summed E-state index contributed by atoms with van der Waals surface area (Å²) in [5, 5.41) is 24.4. The summed E-state index contributed by atoms with van der Waals surface area (Å²) in [5.74, 6) is -0.528. The number of nitrogens with one attached hydrogen (secondary N) is 1. The van der Waals surface area contributed by atoms with E-state index in [-0.39, 0.29) is 23.2 Å². The topological polar surface area (TPSA) is 94.8 Å². The van der Waals surface area contributed by atoms with Crippen molar-refractivity contribution in [2.45, 2.75) is 18.9 Å². The molecule has 3 N–H and O–H groups in total. The minimum atomic E-state index is -0.261. The molecule has 0 spiro atoms. The van der Waals surface area contributed by atoms with Gasteiger partial charge in [-0.25, -0.2) is 10.4 Å². The van der Waals surface area contributed by atoms with Gasteiger partial charge in [0, 0.05) is 5.39 Å². The molecule has 1 amide bonds. The van der Waals surface area contributed by atoms with Gasteiger partial charge < -0.3 is 10.2 Å². The van der Waals surface area contributed by atoms with E-state index in [1.54, 1.807) is 6.07 Å². The second-order valence-corrected chi connectivity index (χ2v) is 7.12. The van der Waals surface area contributed by atoms with Gasteiger partial charge in [-0.3, -0.25) is 4.79 Å². The summed E-state index contributed by atoms with van der Waals surface area (Å²) in [6.07, 6.45) is 1.39. The summed E-state index contributed by atoms with van der Waals surface area (Å²) in [4.78, 5) is 16.5. The van der Waals surface area contributed by atoms with E-state index in [4.69, 9.17) is 0 Å². The van der Waals surface area contributed by atoms with E-state index in [9.17, 15) is 15.0 Å². The van der Waals surface area contributed by atoms with Crippen LogP contribution in [-0.4, -0.2) is 33.1 Å². The van der Waals surface area contributed by atoms with Crippen LogP contribution in [0.1, 0.15) is 16.7 Å². The average molecular weight is 381 g/mol. The Morgan fingerprint density at radius 3 is 2.74 bits per heavy atom. The molecule has 27 heavy (non-hydrogen) atoms. The van der Waals surface area contributed by atoms with Gasteiger partial charge in [0.1, 0.15) is 0 Å². The van der Waals surface area contributed by atoms with Crippen LogP contribution < -0.4 is 5.43 Å². The van der Waals surface area contributed by atoms with Gasteiger partial charge in [-0.05, 0) is 61.4 Å². The Morgan fingerprint density at radius 2 is 1.96 bits per heavy atom. The van der Waals surface area contributed by atoms with Crippen LogP contribution in [0.25, 0.3) is 10.9 Å². The number of aromatic nitrogens is 1. The fraction of sp³-hybridized carbons (Fsp3) is 0.150. The van der Waals surface area contributed by atoms with Gasteiger partial charge in [-0.15, -0.1) is 0 Å². The van der Waals surface area contributed by atoms with Crippen molar-refractivity contribution >= 4 is 34.8 Å². The van der Waals surface area contributed by atoms with Crippen LogP contribution >= 0.6 is 11.8 Å². The van der Waals surface area contributed by atoms with E-state index in [0.717, 1.165) is 21.5 Å². The maximum absolute atomic E-state index is 12.0. The molecule has 0 atom stereocenters. The monoisotopic (exact) mass is 381 g/mol. The van der Waals surface area contributed by atoms with Gasteiger partial charge in [0.25, 0.3) is 0 Å². The van der Waals surface area contributed by atoms with Gasteiger partial charge in [-0.1, -0.05) is 23.4 Å². The third-order valence-corrected chi connectivity index (χ3v) is 4.81. The van der Waals surface area contributed by atoms with Crippen LogP contribution in [-0.2, 0) is 4.79 Å². The number of aryl methyl sites for hydroxylation is 2. The molecule has 3 aromatic rings. The van der Waals surface area contributed by atoms with E-state index < -0.39 is 0 Å². The van der Waals surface area contributed by atoms with Crippen molar-refractivity contribution in [2.24, 2.45) is 5.10 Å². The largest absolute Gasteiger partial charge is 0.504 e. The number of thioether (sulfide) groups is 1. The van der Waals surface area contributed by atoms with Crippen LogP contribution in [0.3, 0.4) is 0 Å². The maximum Gasteiger partial charge on any atom is 0.250 e. The van der Waals surface area contributed by atoms with Gasteiger partial charge in [0.05, 0.1) is 22.5 Å². The zero-order valence-electron chi connectivity index (χ0n) is 14.9. The Bertz CT molecular complexity index is 1030. The molecule has 0 radical (unpaired) electrons. The number of carbonyl (C=O) groups is 1. The number of carbonyl (C=O) groups excluding carboxylic acids is 1. The normalized spacial score (nSPS) is 11.2. The highest BCUT2D eigenvalue weighted by Crippen LogP contribution is 2.25. The number of pyridine rings is 1. The highest BCUT2D eigenvalue weighted by Gasteiger charge is 2.07. The highest BCUT2D eigenvalue weighted by atomic mass is 32.2. The molecule has 7 heteroatoms. The lowest BCUT2D eigenvalue weighted by Gasteiger charge is -2.07. The molecule has 2 aromatic carbocycles. The molecule has 1 aromatic heterocycles. The lowest BCUT2D eigenvalue weighted by molar-refractivity contribution is -0.118. The van der Waals surface area contributed by atoms with E-state index in [0.29, 0.717) is 5.56 Å². The first kappa shape index (κ1) is 18.7. The fourth-order valence-electron chi connectivity index (χ4n) is 2.52. The van der Waals surface area contributed by atoms with Crippen molar-refractivity contribution < 1.29 is 15.0 Å². The number of hydrogen-bond acceptors (Lipinski definition) is 6. The van der Waals surface area contributed by atoms with E-state index >= 15 is 0 Å². The van der Waals surface area contributed by atoms with Crippen molar-refractivity contribution in [3.63, 3.8) is 0 Å². The molecule has 6 nitrogen and oxygen atoms in total. The SMILES string of the molecule is Cc1ccc2nc(SCC(=O)NN=Cc3ccc(O)c(O)c3)cc(C)c2c1. The Labute approximate surface area is 161 Å². The zero-order valence-corrected chi connectivity index (χ0v) is 15.7. The van der Waals surface area contributed by atoms with E-state index in [1.165, 1.54) is 35.7 Å². The number of fused-ring (bicyclic) bond motifs is 1. The van der Waals surface area contributed by atoms with Gasteiger partial charge >= 0.3 is 0 Å². The summed E-state index contributed by atoms with van der Waals surface area (Å²) < 4.78 is 0. The van der Waals surface area contributed by atoms with Crippen LogP contribution in [0, 0.1) is 13.8 Å². The molecular formula is C20H19N3O3S. The molecule has 0 aliphatic carbocycles. The smallest absolute Gasteiger partial charge is 0.250 e. The van der Waals surface area contributed by atoms with Crippen molar-refractivity contribution in [2.75, 3.05) is 5.75 Å². The number of benzene rings is 2. The quantitative estimate of drug-likeness (QED) is 0.272. The number of amides is 1. The number of nitrogens with zero attached hydrogens (tertiary/aromatic N) is 2. The molecule has 0 unspecified atom stereocenters. The van der Waals surface area contributed by atoms with Gasteiger partial charge in [0.2, 0.25) is 5.91 Å². The lowest BCUT2D eigenvalue weighted by Crippen LogP contribution is -2.19. The first-order valence-electron chi connectivity index (χ1n) is 8.27. The van der Waals surface area contributed by atoms with Crippen LogP contribution in [0.2, 0.25) is 0 Å². The number of phenolic OH excluding ortho intramolecular Hbond substituents is 2. The molecule has 138 valence electrons. The molecule has 3 rings (SSSR count). The summed E-state index contributed by atoms with van der Waals surface area (Å²) in [5.41, 5.74) is 6.21. The predicted molar refractivity (Wildman–Crippen MR) is 107 cm³/mol. The second-order valence-electron chi connectivity index (χ2n) is 6.13. The molecule has 0 aliphatic heterocycles. The molecule has 1 heterocycles. The molecule has 0 bridgehead atoms. The van der Waals surface area contributed by atoms with Gasteiger partial charge in [0.15, 0.2) is 11.5 Å². The van der Waals surface area contributed by atoms with Crippen molar-refractivity contribution in [1.82, 2.24) is 10.4 Å².